The molecule has 116 valence electrons. The summed E-state index contributed by atoms with van der Waals surface area (Å²) < 4.78 is 5.94. The first kappa shape index (κ1) is 15.8. The Labute approximate surface area is 125 Å². The molecule has 2 aliphatic heterocycles. The second kappa shape index (κ2) is 7.46. The van der Waals surface area contributed by atoms with E-state index in [0.717, 1.165) is 18.2 Å². The standard InChI is InChI=1S/C17H32N2O/c1-5-15(4)20-17-8-9-18(13-17)12-16-6-10-19(11-7-16)14(2)3/h5,14,16-17H,6-13H2,1-4H3/b15-5-. The number of piperidine rings is 1. The van der Waals surface area contributed by atoms with Crippen molar-refractivity contribution in [2.75, 3.05) is 32.7 Å². The summed E-state index contributed by atoms with van der Waals surface area (Å²) in [5, 5.41) is 0. The molecule has 3 nitrogen and oxygen atoms in total. The first-order valence-corrected chi connectivity index (χ1v) is 8.34. The summed E-state index contributed by atoms with van der Waals surface area (Å²) >= 11 is 0. The summed E-state index contributed by atoms with van der Waals surface area (Å²) in [7, 11) is 0. The van der Waals surface area contributed by atoms with Gasteiger partial charge in [-0.2, -0.15) is 0 Å². The van der Waals surface area contributed by atoms with Crippen LogP contribution in [0.4, 0.5) is 0 Å². The van der Waals surface area contributed by atoms with E-state index >= 15 is 0 Å². The lowest BCUT2D eigenvalue weighted by Gasteiger charge is -2.36. The van der Waals surface area contributed by atoms with Gasteiger partial charge in [-0.3, -0.25) is 4.90 Å². The van der Waals surface area contributed by atoms with Crippen LogP contribution in [0, 0.1) is 5.92 Å². The molecule has 0 aliphatic carbocycles. The minimum Gasteiger partial charge on any atom is -0.494 e. The molecule has 0 aromatic heterocycles. The van der Waals surface area contributed by atoms with Crippen molar-refractivity contribution in [2.24, 2.45) is 5.92 Å². The van der Waals surface area contributed by atoms with Crippen LogP contribution in [0.2, 0.25) is 0 Å². The molecule has 20 heavy (non-hydrogen) atoms. The van der Waals surface area contributed by atoms with Crippen LogP contribution in [0.25, 0.3) is 0 Å². The molecular formula is C17H32N2O. The van der Waals surface area contributed by atoms with Gasteiger partial charge in [0.25, 0.3) is 0 Å². The van der Waals surface area contributed by atoms with Crippen molar-refractivity contribution in [1.82, 2.24) is 9.80 Å². The largest absolute Gasteiger partial charge is 0.494 e. The van der Waals surface area contributed by atoms with Gasteiger partial charge in [0.2, 0.25) is 0 Å². The van der Waals surface area contributed by atoms with Gasteiger partial charge in [0.05, 0.1) is 5.76 Å². The second-order valence-corrected chi connectivity index (χ2v) is 6.76. The topological polar surface area (TPSA) is 15.7 Å². The Hall–Kier alpha value is -0.540. The highest BCUT2D eigenvalue weighted by Crippen LogP contribution is 2.23. The smallest absolute Gasteiger partial charge is 0.112 e. The van der Waals surface area contributed by atoms with Gasteiger partial charge in [0, 0.05) is 25.7 Å². The normalized spacial score (nSPS) is 27.4. The molecule has 2 fully saturated rings. The summed E-state index contributed by atoms with van der Waals surface area (Å²) in [5.41, 5.74) is 0. The van der Waals surface area contributed by atoms with E-state index in [9.17, 15) is 0 Å². The van der Waals surface area contributed by atoms with Crippen LogP contribution in [-0.4, -0.2) is 54.7 Å². The highest BCUT2D eigenvalue weighted by atomic mass is 16.5. The molecule has 1 unspecified atom stereocenters. The molecule has 0 saturated carbocycles. The number of hydrogen-bond donors (Lipinski definition) is 0. The molecule has 2 rings (SSSR count). The molecule has 0 N–H and O–H groups in total. The average Bonchev–Trinajstić information content (AvgIpc) is 2.86. The van der Waals surface area contributed by atoms with E-state index in [1.807, 2.05) is 6.92 Å². The van der Waals surface area contributed by atoms with E-state index < -0.39 is 0 Å². The number of likely N-dealkylation sites (tertiary alicyclic amines) is 2. The van der Waals surface area contributed by atoms with Gasteiger partial charge in [-0.25, -0.2) is 0 Å². The number of ether oxygens (including phenoxy) is 1. The number of nitrogens with zero attached hydrogens (tertiary/aromatic N) is 2. The van der Waals surface area contributed by atoms with Crippen molar-refractivity contribution in [3.8, 4) is 0 Å². The van der Waals surface area contributed by atoms with E-state index in [1.54, 1.807) is 0 Å². The second-order valence-electron chi connectivity index (χ2n) is 6.76. The third-order valence-corrected chi connectivity index (χ3v) is 4.88. The van der Waals surface area contributed by atoms with Crippen molar-refractivity contribution >= 4 is 0 Å². The molecule has 0 radical (unpaired) electrons. The summed E-state index contributed by atoms with van der Waals surface area (Å²) in [6.07, 6.45) is 6.41. The highest BCUT2D eigenvalue weighted by molar-refractivity contribution is 4.89. The van der Waals surface area contributed by atoms with Crippen molar-refractivity contribution in [3.63, 3.8) is 0 Å². The van der Waals surface area contributed by atoms with Crippen LogP contribution in [0.5, 0.6) is 0 Å². The Balaban J connectivity index is 1.68. The van der Waals surface area contributed by atoms with Crippen LogP contribution in [-0.2, 0) is 4.74 Å². The lowest BCUT2D eigenvalue weighted by atomic mass is 9.95. The zero-order chi connectivity index (χ0) is 14.5. The molecule has 3 heteroatoms. The van der Waals surface area contributed by atoms with Gasteiger partial charge in [-0.15, -0.1) is 0 Å². The van der Waals surface area contributed by atoms with Crippen LogP contribution in [0.1, 0.15) is 47.0 Å². The lowest BCUT2D eigenvalue weighted by Crippen LogP contribution is -2.41. The molecule has 2 aliphatic rings. The van der Waals surface area contributed by atoms with Crippen LogP contribution in [0.3, 0.4) is 0 Å². The maximum Gasteiger partial charge on any atom is 0.112 e. The van der Waals surface area contributed by atoms with Crippen molar-refractivity contribution in [3.05, 3.63) is 11.8 Å². The predicted octanol–water partition coefficient (Wildman–Crippen LogP) is 3.12. The van der Waals surface area contributed by atoms with E-state index in [-0.39, 0.29) is 0 Å². The molecule has 0 amide bonds. The van der Waals surface area contributed by atoms with Crippen molar-refractivity contribution < 1.29 is 4.74 Å². The van der Waals surface area contributed by atoms with E-state index in [2.05, 4.69) is 36.6 Å². The van der Waals surface area contributed by atoms with E-state index in [1.165, 1.54) is 45.4 Å². The molecule has 2 saturated heterocycles. The minimum atomic E-state index is 0.418. The Bertz CT molecular complexity index is 319. The Morgan fingerprint density at radius 2 is 1.90 bits per heavy atom. The predicted molar refractivity (Wildman–Crippen MR) is 84.8 cm³/mol. The van der Waals surface area contributed by atoms with Crippen LogP contribution in [0.15, 0.2) is 11.8 Å². The fourth-order valence-electron chi connectivity index (χ4n) is 3.41. The molecule has 0 aromatic rings. The zero-order valence-electron chi connectivity index (χ0n) is 13.8. The molecule has 0 aromatic carbocycles. The van der Waals surface area contributed by atoms with Crippen molar-refractivity contribution in [1.29, 1.82) is 0 Å². The summed E-state index contributed by atoms with van der Waals surface area (Å²) in [4.78, 5) is 5.23. The number of hydrogen-bond acceptors (Lipinski definition) is 3. The average molecular weight is 280 g/mol. The van der Waals surface area contributed by atoms with Gasteiger partial charge in [0.15, 0.2) is 0 Å². The summed E-state index contributed by atoms with van der Waals surface area (Å²) in [5.74, 6) is 1.97. The van der Waals surface area contributed by atoms with Crippen LogP contribution >= 0.6 is 0 Å². The van der Waals surface area contributed by atoms with Gasteiger partial charge < -0.3 is 9.64 Å². The van der Waals surface area contributed by atoms with Crippen LogP contribution < -0.4 is 0 Å². The quantitative estimate of drug-likeness (QED) is 0.720. The first-order valence-electron chi connectivity index (χ1n) is 8.34. The van der Waals surface area contributed by atoms with Gasteiger partial charge in [-0.1, -0.05) is 0 Å². The Morgan fingerprint density at radius 3 is 2.50 bits per heavy atom. The first-order chi connectivity index (χ1) is 9.58. The number of allylic oxidation sites excluding steroid dienone is 2. The van der Waals surface area contributed by atoms with Gasteiger partial charge in [-0.05, 0) is 72.0 Å². The molecular weight excluding hydrogens is 248 g/mol. The Morgan fingerprint density at radius 1 is 1.20 bits per heavy atom. The summed E-state index contributed by atoms with van der Waals surface area (Å²) in [6.45, 7) is 14.9. The third-order valence-electron chi connectivity index (χ3n) is 4.88. The zero-order valence-corrected chi connectivity index (χ0v) is 13.8. The Kier molecular flexibility index (Phi) is 5.91. The minimum absolute atomic E-state index is 0.418. The van der Waals surface area contributed by atoms with Gasteiger partial charge >= 0.3 is 0 Å². The summed E-state index contributed by atoms with van der Waals surface area (Å²) in [6, 6.07) is 0.712. The van der Waals surface area contributed by atoms with Gasteiger partial charge in [0.1, 0.15) is 6.10 Å². The van der Waals surface area contributed by atoms with Crippen molar-refractivity contribution in [2.45, 2.75) is 59.1 Å². The van der Waals surface area contributed by atoms with E-state index in [0.29, 0.717) is 12.1 Å². The maximum absolute atomic E-state index is 5.94. The highest BCUT2D eigenvalue weighted by Gasteiger charge is 2.28. The lowest BCUT2D eigenvalue weighted by molar-refractivity contribution is 0.105. The fraction of sp³-hybridized carbons (Fsp3) is 0.882. The van der Waals surface area contributed by atoms with E-state index in [4.69, 9.17) is 4.74 Å². The number of rotatable bonds is 5. The maximum atomic E-state index is 5.94. The monoisotopic (exact) mass is 280 g/mol. The third kappa shape index (κ3) is 4.49. The molecule has 0 spiro atoms. The molecule has 2 heterocycles. The molecule has 0 bridgehead atoms. The SMILES string of the molecule is C/C=C(/C)OC1CCN(CC2CCN(C(C)C)CC2)C1. The fourth-order valence-corrected chi connectivity index (χ4v) is 3.41. The molecule has 1 atom stereocenters.